The van der Waals surface area contributed by atoms with Gasteiger partial charge in [0.2, 0.25) is 10.0 Å². The van der Waals surface area contributed by atoms with Gasteiger partial charge >= 0.3 is 0 Å². The van der Waals surface area contributed by atoms with Gasteiger partial charge in [0.1, 0.15) is 5.82 Å². The zero-order chi connectivity index (χ0) is 14.6. The number of sulfonamides is 1. The van der Waals surface area contributed by atoms with Crippen LogP contribution in [-0.4, -0.2) is 40.9 Å². The Labute approximate surface area is 117 Å². The number of nitrogens with two attached hydrogens (primary N) is 1. The number of hydrogen-bond donors (Lipinski definition) is 2. The second kappa shape index (κ2) is 6.59. The zero-order valence-corrected chi connectivity index (χ0v) is 11.7. The molecule has 1 unspecified atom stereocenters. The average Bonchev–Trinajstić information content (AvgIpc) is 2.46. The van der Waals surface area contributed by atoms with Crippen LogP contribution in [0.4, 0.5) is 4.39 Å². The van der Waals surface area contributed by atoms with Crippen molar-refractivity contribution in [2.24, 2.45) is 5.73 Å². The van der Waals surface area contributed by atoms with Crippen LogP contribution in [0.1, 0.15) is 5.56 Å². The van der Waals surface area contributed by atoms with Gasteiger partial charge < -0.3 is 15.2 Å². The van der Waals surface area contributed by atoms with Crippen LogP contribution in [0.15, 0.2) is 23.1 Å². The predicted molar refractivity (Wildman–Crippen MR) is 70.0 cm³/mol. The summed E-state index contributed by atoms with van der Waals surface area (Å²) in [7, 11) is -3.83. The van der Waals surface area contributed by atoms with E-state index in [9.17, 15) is 12.8 Å². The molecule has 1 atom stereocenters. The van der Waals surface area contributed by atoms with Gasteiger partial charge in [-0.15, -0.1) is 0 Å². The van der Waals surface area contributed by atoms with Gasteiger partial charge in [-0.05, 0) is 17.7 Å². The fourth-order valence-electron chi connectivity index (χ4n) is 1.88. The van der Waals surface area contributed by atoms with E-state index in [0.717, 1.165) is 6.07 Å². The van der Waals surface area contributed by atoms with Crippen molar-refractivity contribution in [2.45, 2.75) is 17.5 Å². The Morgan fingerprint density at radius 3 is 2.85 bits per heavy atom. The minimum absolute atomic E-state index is 0.0135. The maximum atomic E-state index is 13.2. The first kappa shape index (κ1) is 15.3. The lowest BCUT2D eigenvalue weighted by Crippen LogP contribution is -2.40. The largest absolute Gasteiger partial charge is 0.376 e. The van der Waals surface area contributed by atoms with Crippen molar-refractivity contribution in [3.63, 3.8) is 0 Å². The highest BCUT2D eigenvalue weighted by atomic mass is 32.2. The van der Waals surface area contributed by atoms with Gasteiger partial charge in [-0.2, -0.15) is 0 Å². The van der Waals surface area contributed by atoms with Gasteiger partial charge in [-0.1, -0.05) is 6.07 Å². The van der Waals surface area contributed by atoms with Crippen LogP contribution in [0.3, 0.4) is 0 Å². The molecule has 0 bridgehead atoms. The first-order chi connectivity index (χ1) is 9.53. The van der Waals surface area contributed by atoms with Crippen molar-refractivity contribution in [1.82, 2.24) is 4.72 Å². The number of benzene rings is 1. The monoisotopic (exact) mass is 304 g/mol. The van der Waals surface area contributed by atoms with Gasteiger partial charge in [0.05, 0.1) is 30.8 Å². The maximum Gasteiger partial charge on any atom is 0.241 e. The highest BCUT2D eigenvalue weighted by Crippen LogP contribution is 2.17. The van der Waals surface area contributed by atoms with E-state index >= 15 is 0 Å². The van der Waals surface area contributed by atoms with Crippen LogP contribution in [-0.2, 0) is 26.0 Å². The number of halogens is 1. The SMILES string of the molecule is NCc1ccc(F)cc1S(=O)(=O)NCC1COCCO1. The summed E-state index contributed by atoms with van der Waals surface area (Å²) in [5.41, 5.74) is 5.84. The molecule has 112 valence electrons. The minimum Gasteiger partial charge on any atom is -0.376 e. The first-order valence-electron chi connectivity index (χ1n) is 6.20. The third-order valence-electron chi connectivity index (χ3n) is 2.92. The summed E-state index contributed by atoms with van der Waals surface area (Å²) in [6.45, 7) is 1.35. The molecule has 1 aliphatic heterocycles. The Hall–Kier alpha value is -1.06. The lowest BCUT2D eigenvalue weighted by Gasteiger charge is -2.23. The summed E-state index contributed by atoms with van der Waals surface area (Å²) in [6.07, 6.45) is -0.339. The molecule has 3 N–H and O–H groups in total. The van der Waals surface area contributed by atoms with Gasteiger partial charge in [0, 0.05) is 13.1 Å². The van der Waals surface area contributed by atoms with Crippen molar-refractivity contribution in [1.29, 1.82) is 0 Å². The molecule has 6 nitrogen and oxygen atoms in total. The highest BCUT2D eigenvalue weighted by molar-refractivity contribution is 7.89. The molecule has 2 rings (SSSR count). The molecule has 1 fully saturated rings. The zero-order valence-electron chi connectivity index (χ0n) is 10.8. The molecule has 0 aliphatic carbocycles. The van der Waals surface area contributed by atoms with Crippen LogP contribution in [0.5, 0.6) is 0 Å². The highest BCUT2D eigenvalue weighted by Gasteiger charge is 2.22. The van der Waals surface area contributed by atoms with Gasteiger partial charge in [-0.25, -0.2) is 17.5 Å². The molecule has 1 aliphatic rings. The standard InChI is InChI=1S/C12H17FN2O4S/c13-10-2-1-9(6-14)12(5-10)20(16,17)15-7-11-8-18-3-4-19-11/h1-2,5,11,15H,3-4,6-8,14H2. The summed E-state index contributed by atoms with van der Waals surface area (Å²) in [4.78, 5) is -0.142. The van der Waals surface area contributed by atoms with Crippen molar-refractivity contribution in [2.75, 3.05) is 26.4 Å². The van der Waals surface area contributed by atoms with E-state index < -0.39 is 15.8 Å². The van der Waals surface area contributed by atoms with E-state index in [4.69, 9.17) is 15.2 Å². The first-order valence-corrected chi connectivity index (χ1v) is 7.69. The predicted octanol–water partition coefficient (Wildman–Crippen LogP) is -0.0219. The van der Waals surface area contributed by atoms with Crippen LogP contribution >= 0.6 is 0 Å². The van der Waals surface area contributed by atoms with E-state index in [1.165, 1.54) is 12.1 Å². The fourth-order valence-corrected chi connectivity index (χ4v) is 3.21. The number of ether oxygens (including phenoxy) is 2. The second-order valence-electron chi connectivity index (χ2n) is 4.38. The van der Waals surface area contributed by atoms with Gasteiger partial charge in [0.15, 0.2) is 0 Å². The summed E-state index contributed by atoms with van der Waals surface area (Å²) in [5.74, 6) is -0.625. The molecule has 0 aromatic heterocycles. The van der Waals surface area contributed by atoms with Crippen molar-refractivity contribution < 1.29 is 22.3 Å². The molecule has 0 spiro atoms. The van der Waals surface area contributed by atoms with E-state index in [1.807, 2.05) is 0 Å². The summed E-state index contributed by atoms with van der Waals surface area (Å²) in [5, 5.41) is 0. The molecule has 8 heteroatoms. The minimum atomic E-state index is -3.83. The normalized spacial score (nSPS) is 20.0. The summed E-state index contributed by atoms with van der Waals surface area (Å²) >= 11 is 0. The molecular formula is C12H17FN2O4S. The topological polar surface area (TPSA) is 90.7 Å². The fraction of sp³-hybridized carbons (Fsp3) is 0.500. The maximum absolute atomic E-state index is 13.2. The van der Waals surface area contributed by atoms with Crippen LogP contribution in [0, 0.1) is 5.82 Å². The van der Waals surface area contributed by atoms with Gasteiger partial charge in [-0.3, -0.25) is 0 Å². The number of rotatable bonds is 5. The molecular weight excluding hydrogens is 287 g/mol. The Morgan fingerprint density at radius 1 is 1.40 bits per heavy atom. The quantitative estimate of drug-likeness (QED) is 0.798. The Balaban J connectivity index is 2.11. The van der Waals surface area contributed by atoms with Crippen LogP contribution in [0.25, 0.3) is 0 Å². The van der Waals surface area contributed by atoms with Crippen molar-refractivity contribution >= 4 is 10.0 Å². The second-order valence-corrected chi connectivity index (χ2v) is 6.11. The Kier molecular flexibility index (Phi) is 5.06. The lowest BCUT2D eigenvalue weighted by molar-refractivity contribution is -0.0846. The van der Waals surface area contributed by atoms with E-state index in [-0.39, 0.29) is 24.1 Å². The van der Waals surface area contributed by atoms with Gasteiger partial charge in [0.25, 0.3) is 0 Å². The molecule has 1 aromatic rings. The van der Waals surface area contributed by atoms with E-state index in [2.05, 4.69) is 4.72 Å². The smallest absolute Gasteiger partial charge is 0.241 e. The molecule has 0 radical (unpaired) electrons. The van der Waals surface area contributed by atoms with E-state index in [0.29, 0.717) is 25.4 Å². The summed E-state index contributed by atoms with van der Waals surface area (Å²) in [6, 6.07) is 3.51. The molecule has 0 saturated carbocycles. The molecule has 20 heavy (non-hydrogen) atoms. The molecule has 1 saturated heterocycles. The Bertz CT molecular complexity index is 559. The van der Waals surface area contributed by atoms with Crippen LogP contribution in [0.2, 0.25) is 0 Å². The molecule has 0 amide bonds. The van der Waals surface area contributed by atoms with Crippen molar-refractivity contribution in [3.05, 3.63) is 29.6 Å². The number of hydrogen-bond acceptors (Lipinski definition) is 5. The number of nitrogens with one attached hydrogen (secondary N) is 1. The third kappa shape index (κ3) is 3.74. The molecule has 1 heterocycles. The van der Waals surface area contributed by atoms with Crippen molar-refractivity contribution in [3.8, 4) is 0 Å². The summed E-state index contributed by atoms with van der Waals surface area (Å²) < 4.78 is 50.5. The van der Waals surface area contributed by atoms with Crippen LogP contribution < -0.4 is 10.5 Å². The van der Waals surface area contributed by atoms with E-state index in [1.54, 1.807) is 0 Å². The third-order valence-corrected chi connectivity index (χ3v) is 4.43. The average molecular weight is 304 g/mol. The lowest BCUT2D eigenvalue weighted by atomic mass is 10.2. The molecule has 1 aromatic carbocycles. The Morgan fingerprint density at radius 2 is 2.20 bits per heavy atom.